The molecule has 0 bridgehead atoms. The average molecular weight is 400 g/mol. The first-order valence-corrected chi connectivity index (χ1v) is 10.1. The number of para-hydroxylation sites is 1. The monoisotopic (exact) mass is 400 g/mol. The average Bonchev–Trinajstić information content (AvgIpc) is 3.17. The number of fused-ring (bicyclic) bond motifs is 2. The van der Waals surface area contributed by atoms with Crippen LogP contribution in [-0.2, 0) is 20.7 Å². The van der Waals surface area contributed by atoms with Crippen molar-refractivity contribution in [1.29, 1.82) is 0 Å². The Kier molecular flexibility index (Phi) is 5.80. The summed E-state index contributed by atoms with van der Waals surface area (Å²) < 4.78 is 5.34. The van der Waals surface area contributed by atoms with Crippen LogP contribution in [-0.4, -0.2) is 23.0 Å². The summed E-state index contributed by atoms with van der Waals surface area (Å²) in [6.07, 6.45) is 2.83. The molecule has 1 aromatic heterocycles. The molecule has 0 aliphatic rings. The summed E-state index contributed by atoms with van der Waals surface area (Å²) >= 11 is 0. The fourth-order valence-electron chi connectivity index (χ4n) is 3.64. The second-order valence-corrected chi connectivity index (χ2v) is 7.36. The Labute approximate surface area is 175 Å². The first-order chi connectivity index (χ1) is 14.6. The Morgan fingerprint density at radius 2 is 1.70 bits per heavy atom. The Morgan fingerprint density at radius 3 is 2.57 bits per heavy atom. The van der Waals surface area contributed by atoms with Gasteiger partial charge in [0.05, 0.1) is 0 Å². The SMILES string of the molecule is C[C@H](OC(=O)CCCc1c[nH]c2ccccc12)C(=O)Nc1cccc2ccccc12. The number of hydrogen-bond acceptors (Lipinski definition) is 3. The standard InChI is InChI=1S/C25H24N2O3/c1-17(25(29)27-23-14-6-9-18-8-2-3-11-20(18)23)30-24(28)15-7-10-19-16-26-22-13-5-4-12-21(19)22/h2-6,8-9,11-14,16-17,26H,7,10,15H2,1H3,(H,27,29)/t17-/m0/s1. The molecule has 0 radical (unpaired) electrons. The van der Waals surface area contributed by atoms with Crippen molar-refractivity contribution in [3.05, 3.63) is 78.5 Å². The maximum absolute atomic E-state index is 12.5. The van der Waals surface area contributed by atoms with E-state index in [0.717, 1.165) is 22.7 Å². The van der Waals surface area contributed by atoms with Crippen molar-refractivity contribution < 1.29 is 14.3 Å². The summed E-state index contributed by atoms with van der Waals surface area (Å²) in [7, 11) is 0. The van der Waals surface area contributed by atoms with E-state index >= 15 is 0 Å². The van der Waals surface area contributed by atoms with E-state index in [1.807, 2.05) is 66.9 Å². The van der Waals surface area contributed by atoms with E-state index in [0.29, 0.717) is 12.1 Å². The summed E-state index contributed by atoms with van der Waals surface area (Å²) in [5.41, 5.74) is 2.98. The molecule has 0 unspecified atom stereocenters. The van der Waals surface area contributed by atoms with Gasteiger partial charge in [0, 0.05) is 34.6 Å². The lowest BCUT2D eigenvalue weighted by atomic mass is 10.1. The Hall–Kier alpha value is -3.60. The number of aromatic nitrogens is 1. The molecular formula is C25H24N2O3. The number of aromatic amines is 1. The zero-order valence-corrected chi connectivity index (χ0v) is 16.9. The molecule has 3 aromatic carbocycles. The van der Waals surface area contributed by atoms with E-state index in [4.69, 9.17) is 4.74 Å². The zero-order chi connectivity index (χ0) is 20.9. The number of carbonyl (C=O) groups excluding carboxylic acids is 2. The molecule has 1 atom stereocenters. The van der Waals surface area contributed by atoms with Gasteiger partial charge in [-0.05, 0) is 42.8 Å². The molecule has 0 aliphatic heterocycles. The molecule has 0 spiro atoms. The first-order valence-electron chi connectivity index (χ1n) is 10.1. The quantitative estimate of drug-likeness (QED) is 0.418. The van der Waals surface area contributed by atoms with Crippen LogP contribution >= 0.6 is 0 Å². The molecule has 30 heavy (non-hydrogen) atoms. The van der Waals surface area contributed by atoms with E-state index in [2.05, 4.69) is 16.4 Å². The number of aryl methyl sites for hydroxylation is 1. The third kappa shape index (κ3) is 4.35. The van der Waals surface area contributed by atoms with Gasteiger partial charge in [-0.1, -0.05) is 54.6 Å². The van der Waals surface area contributed by atoms with Gasteiger partial charge in [0.1, 0.15) is 0 Å². The van der Waals surface area contributed by atoms with Crippen LogP contribution in [0.1, 0.15) is 25.3 Å². The number of hydrogen-bond donors (Lipinski definition) is 2. The Bertz CT molecular complexity index is 1190. The summed E-state index contributed by atoms with van der Waals surface area (Å²) in [6.45, 7) is 1.60. The van der Waals surface area contributed by atoms with Crippen molar-refractivity contribution in [3.8, 4) is 0 Å². The molecule has 0 fully saturated rings. The molecule has 0 saturated carbocycles. The van der Waals surface area contributed by atoms with Crippen LogP contribution in [0, 0.1) is 0 Å². The fraction of sp³-hybridized carbons (Fsp3) is 0.200. The van der Waals surface area contributed by atoms with E-state index in [-0.39, 0.29) is 18.3 Å². The number of nitrogens with one attached hydrogen (secondary N) is 2. The number of anilines is 1. The van der Waals surface area contributed by atoms with Gasteiger partial charge >= 0.3 is 5.97 Å². The van der Waals surface area contributed by atoms with Crippen LogP contribution < -0.4 is 5.32 Å². The second-order valence-electron chi connectivity index (χ2n) is 7.36. The molecule has 5 heteroatoms. The number of rotatable bonds is 7. The van der Waals surface area contributed by atoms with E-state index < -0.39 is 6.10 Å². The smallest absolute Gasteiger partial charge is 0.306 e. The predicted octanol–water partition coefficient (Wildman–Crippen LogP) is 5.21. The number of esters is 1. The van der Waals surface area contributed by atoms with Gasteiger partial charge in [0.2, 0.25) is 0 Å². The van der Waals surface area contributed by atoms with E-state index in [9.17, 15) is 9.59 Å². The van der Waals surface area contributed by atoms with Crippen molar-refractivity contribution in [2.24, 2.45) is 0 Å². The zero-order valence-electron chi connectivity index (χ0n) is 16.9. The fourth-order valence-corrected chi connectivity index (χ4v) is 3.64. The van der Waals surface area contributed by atoms with Crippen molar-refractivity contribution >= 4 is 39.2 Å². The predicted molar refractivity (Wildman–Crippen MR) is 119 cm³/mol. The molecule has 0 aliphatic carbocycles. The van der Waals surface area contributed by atoms with Crippen molar-refractivity contribution in [3.63, 3.8) is 0 Å². The van der Waals surface area contributed by atoms with E-state index in [1.54, 1.807) is 6.92 Å². The highest BCUT2D eigenvalue weighted by atomic mass is 16.5. The van der Waals surface area contributed by atoms with Gasteiger partial charge in [-0.3, -0.25) is 9.59 Å². The topological polar surface area (TPSA) is 71.2 Å². The van der Waals surface area contributed by atoms with Gasteiger partial charge in [-0.2, -0.15) is 0 Å². The molecule has 1 amide bonds. The largest absolute Gasteiger partial charge is 0.453 e. The maximum Gasteiger partial charge on any atom is 0.306 e. The molecule has 0 saturated heterocycles. The third-order valence-corrected chi connectivity index (χ3v) is 5.23. The number of H-pyrrole nitrogens is 1. The van der Waals surface area contributed by atoms with Crippen molar-refractivity contribution in [2.45, 2.75) is 32.3 Å². The summed E-state index contributed by atoms with van der Waals surface area (Å²) in [4.78, 5) is 28.0. The lowest BCUT2D eigenvalue weighted by Gasteiger charge is -2.14. The van der Waals surface area contributed by atoms with Gasteiger partial charge < -0.3 is 15.0 Å². The van der Waals surface area contributed by atoms with Gasteiger partial charge in [-0.25, -0.2) is 0 Å². The molecule has 2 N–H and O–H groups in total. The molecule has 4 aromatic rings. The van der Waals surface area contributed by atoms with Crippen LogP contribution in [0.25, 0.3) is 21.7 Å². The highest BCUT2D eigenvalue weighted by Gasteiger charge is 2.18. The van der Waals surface area contributed by atoms with Crippen LogP contribution in [0.3, 0.4) is 0 Å². The van der Waals surface area contributed by atoms with Gasteiger partial charge in [0.25, 0.3) is 5.91 Å². The van der Waals surface area contributed by atoms with Crippen LogP contribution in [0.15, 0.2) is 72.9 Å². The lowest BCUT2D eigenvalue weighted by molar-refractivity contribution is -0.153. The van der Waals surface area contributed by atoms with Crippen LogP contribution in [0.5, 0.6) is 0 Å². The molecule has 4 rings (SSSR count). The van der Waals surface area contributed by atoms with Crippen molar-refractivity contribution in [1.82, 2.24) is 4.98 Å². The molecule has 5 nitrogen and oxygen atoms in total. The summed E-state index contributed by atoms with van der Waals surface area (Å²) in [5, 5.41) is 6.03. The number of benzene rings is 3. The highest BCUT2D eigenvalue weighted by molar-refractivity contribution is 6.03. The van der Waals surface area contributed by atoms with Gasteiger partial charge in [0.15, 0.2) is 6.10 Å². The van der Waals surface area contributed by atoms with Gasteiger partial charge in [-0.15, -0.1) is 0 Å². The maximum atomic E-state index is 12.5. The summed E-state index contributed by atoms with van der Waals surface area (Å²) in [6, 6.07) is 21.6. The number of ether oxygens (including phenoxy) is 1. The minimum atomic E-state index is -0.857. The van der Waals surface area contributed by atoms with Crippen molar-refractivity contribution in [2.75, 3.05) is 5.32 Å². The number of amides is 1. The summed E-state index contributed by atoms with van der Waals surface area (Å²) in [5.74, 6) is -0.702. The van der Waals surface area contributed by atoms with Crippen LogP contribution in [0.2, 0.25) is 0 Å². The van der Waals surface area contributed by atoms with Crippen LogP contribution in [0.4, 0.5) is 5.69 Å². The lowest BCUT2D eigenvalue weighted by Crippen LogP contribution is -2.30. The minimum absolute atomic E-state index is 0.269. The minimum Gasteiger partial charge on any atom is -0.453 e. The molecule has 1 heterocycles. The highest BCUT2D eigenvalue weighted by Crippen LogP contribution is 2.23. The molecular weight excluding hydrogens is 376 g/mol. The first kappa shape index (κ1) is 19.7. The Balaban J connectivity index is 1.29. The molecule has 152 valence electrons. The third-order valence-electron chi connectivity index (χ3n) is 5.23. The Morgan fingerprint density at radius 1 is 0.967 bits per heavy atom. The normalized spacial score (nSPS) is 12.0. The number of carbonyl (C=O) groups is 2. The second kappa shape index (κ2) is 8.82. The van der Waals surface area contributed by atoms with E-state index in [1.165, 1.54) is 10.9 Å².